The first-order chi connectivity index (χ1) is 14.8. The monoisotopic (exact) mass is 539 g/mol. The topological polar surface area (TPSA) is 54.5 Å². The van der Waals surface area contributed by atoms with Crippen molar-refractivity contribution in [2.75, 3.05) is 10.6 Å². The van der Waals surface area contributed by atoms with Gasteiger partial charge in [0.2, 0.25) is 10.0 Å². The maximum atomic E-state index is 13.2. The van der Waals surface area contributed by atoms with Crippen LogP contribution >= 0.6 is 22.6 Å². The van der Waals surface area contributed by atoms with Crippen LogP contribution in [-0.2, 0) is 15.4 Å². The van der Waals surface area contributed by atoms with Crippen molar-refractivity contribution in [1.82, 2.24) is 0 Å². The minimum atomic E-state index is -3.68. The van der Waals surface area contributed by atoms with Crippen molar-refractivity contribution in [2.24, 2.45) is 0 Å². The Kier molecular flexibility index (Phi) is 4.67. The molecule has 0 fully saturated rings. The van der Waals surface area contributed by atoms with Crippen LogP contribution in [0.25, 0.3) is 6.08 Å². The van der Waals surface area contributed by atoms with Crippen molar-refractivity contribution in [3.63, 3.8) is 0 Å². The van der Waals surface area contributed by atoms with Crippen molar-refractivity contribution < 1.29 is 13.2 Å². The summed E-state index contributed by atoms with van der Waals surface area (Å²) in [7, 11) is -3.68. The number of benzene rings is 3. The highest BCUT2D eigenvalue weighted by atomic mass is 127. The number of carbonyl (C=O) groups is 1. The van der Waals surface area contributed by atoms with Crippen LogP contribution in [0.15, 0.2) is 90.6 Å². The number of halogens is 1. The lowest BCUT2D eigenvalue weighted by Gasteiger charge is -2.39. The van der Waals surface area contributed by atoms with Crippen LogP contribution in [0.2, 0.25) is 0 Å². The van der Waals surface area contributed by atoms with Crippen molar-refractivity contribution in [3.8, 4) is 0 Å². The predicted octanol–water partition coefficient (Wildman–Crippen LogP) is 5.15. The standard InChI is InChI=1S/C25H18INO3S/c1-31(29,30)27(19-9-6-8-18(26)16-19)24-15-17-7-2-4-11-21(17)25(24)14-13-23(28)20-10-3-5-12-22(20)25/h2-16H,1H3/t25-/m0/s1. The molecule has 31 heavy (non-hydrogen) atoms. The molecule has 0 radical (unpaired) electrons. The van der Waals surface area contributed by atoms with Gasteiger partial charge in [0, 0.05) is 9.13 Å². The number of ketones is 1. The van der Waals surface area contributed by atoms with Gasteiger partial charge in [0.05, 0.1) is 23.1 Å². The van der Waals surface area contributed by atoms with Crippen LogP contribution in [0.4, 0.5) is 5.69 Å². The van der Waals surface area contributed by atoms with Gasteiger partial charge in [0.1, 0.15) is 0 Å². The number of allylic oxidation sites excluding steroid dienone is 2. The average Bonchev–Trinajstić information content (AvgIpc) is 3.05. The molecule has 0 saturated heterocycles. The van der Waals surface area contributed by atoms with Gasteiger partial charge in [-0.25, -0.2) is 12.7 Å². The predicted molar refractivity (Wildman–Crippen MR) is 132 cm³/mol. The molecular formula is C25H18INO3S. The van der Waals surface area contributed by atoms with Crippen LogP contribution in [0, 0.1) is 3.57 Å². The van der Waals surface area contributed by atoms with E-state index in [1.54, 1.807) is 18.2 Å². The zero-order chi connectivity index (χ0) is 21.8. The van der Waals surface area contributed by atoms with E-state index < -0.39 is 15.4 Å². The number of hydrogen-bond donors (Lipinski definition) is 0. The Hall–Kier alpha value is -2.71. The van der Waals surface area contributed by atoms with Crippen LogP contribution in [-0.4, -0.2) is 20.5 Å². The molecule has 0 aliphatic heterocycles. The van der Waals surface area contributed by atoms with Gasteiger partial charge in [-0.2, -0.15) is 0 Å². The maximum Gasteiger partial charge on any atom is 0.236 e. The molecule has 0 heterocycles. The van der Waals surface area contributed by atoms with Gasteiger partial charge in [-0.05, 0) is 69.6 Å². The smallest absolute Gasteiger partial charge is 0.236 e. The molecule has 3 aromatic carbocycles. The molecule has 0 bridgehead atoms. The number of nitrogens with zero attached hydrogens (tertiary/aromatic N) is 1. The quantitative estimate of drug-likeness (QED) is 0.433. The average molecular weight is 539 g/mol. The summed E-state index contributed by atoms with van der Waals surface area (Å²) in [5.74, 6) is -0.0786. The molecule has 154 valence electrons. The third-order valence-corrected chi connectivity index (χ3v) is 7.52. The normalized spacial score (nSPS) is 19.2. The van der Waals surface area contributed by atoms with Crippen molar-refractivity contribution in [3.05, 3.63) is 116 Å². The Bertz CT molecular complexity index is 1410. The lowest BCUT2D eigenvalue weighted by molar-refractivity contribution is 0.104. The third-order valence-electron chi connectivity index (χ3n) is 5.78. The molecule has 0 N–H and O–H groups in total. The summed E-state index contributed by atoms with van der Waals surface area (Å²) in [6.07, 6.45) is 6.55. The molecule has 3 aromatic rings. The molecule has 6 heteroatoms. The maximum absolute atomic E-state index is 13.2. The number of hydrogen-bond acceptors (Lipinski definition) is 3. The van der Waals surface area contributed by atoms with E-state index in [4.69, 9.17) is 0 Å². The van der Waals surface area contributed by atoms with Gasteiger partial charge >= 0.3 is 0 Å². The third kappa shape index (κ3) is 3.08. The summed E-state index contributed by atoms with van der Waals surface area (Å²) >= 11 is 2.18. The van der Waals surface area contributed by atoms with Gasteiger partial charge in [-0.3, -0.25) is 4.79 Å². The van der Waals surface area contributed by atoms with Gasteiger partial charge < -0.3 is 0 Å². The van der Waals surface area contributed by atoms with Crippen molar-refractivity contribution in [1.29, 1.82) is 0 Å². The van der Waals surface area contributed by atoms with Gasteiger partial charge in [-0.15, -0.1) is 0 Å². The summed E-state index contributed by atoms with van der Waals surface area (Å²) < 4.78 is 28.7. The summed E-state index contributed by atoms with van der Waals surface area (Å²) in [6.45, 7) is 0. The molecule has 2 aliphatic carbocycles. The Labute approximate surface area is 195 Å². The second-order valence-corrected chi connectivity index (χ2v) is 10.8. The second-order valence-electron chi connectivity index (χ2n) is 7.68. The Morgan fingerprint density at radius 3 is 2.35 bits per heavy atom. The highest BCUT2D eigenvalue weighted by Gasteiger charge is 2.49. The SMILES string of the molecule is CS(=O)(=O)N(C1=Cc2ccccc2[C@]12C=CC(=O)c1ccccc12)c1cccc(I)c1. The second kappa shape index (κ2) is 7.17. The molecule has 0 saturated carbocycles. The van der Waals surface area contributed by atoms with E-state index in [1.165, 1.54) is 10.6 Å². The Morgan fingerprint density at radius 1 is 0.903 bits per heavy atom. The Balaban J connectivity index is 1.87. The lowest BCUT2D eigenvalue weighted by Crippen LogP contribution is -2.41. The number of rotatable bonds is 3. The summed E-state index contributed by atoms with van der Waals surface area (Å²) in [5.41, 5.74) is 3.54. The van der Waals surface area contributed by atoms with E-state index in [2.05, 4.69) is 22.6 Å². The summed E-state index contributed by atoms with van der Waals surface area (Å²) in [6, 6.07) is 22.7. The first kappa shape index (κ1) is 20.2. The van der Waals surface area contributed by atoms with E-state index in [-0.39, 0.29) is 5.78 Å². The van der Waals surface area contributed by atoms with E-state index in [9.17, 15) is 13.2 Å². The first-order valence-corrected chi connectivity index (χ1v) is 12.7. The lowest BCUT2D eigenvalue weighted by atomic mass is 9.69. The van der Waals surface area contributed by atoms with E-state index >= 15 is 0 Å². The summed E-state index contributed by atoms with van der Waals surface area (Å²) in [5, 5.41) is 0. The number of sulfonamides is 1. The van der Waals surface area contributed by atoms with Crippen molar-refractivity contribution >= 4 is 50.2 Å². The molecule has 1 atom stereocenters. The fourth-order valence-electron chi connectivity index (χ4n) is 4.59. The first-order valence-electron chi connectivity index (χ1n) is 9.73. The molecular weight excluding hydrogens is 521 g/mol. The molecule has 0 aromatic heterocycles. The fraction of sp³-hybridized carbons (Fsp3) is 0.0800. The van der Waals surface area contributed by atoms with E-state index in [0.717, 1.165) is 20.3 Å². The Morgan fingerprint density at radius 2 is 1.61 bits per heavy atom. The molecule has 5 rings (SSSR count). The van der Waals surface area contributed by atoms with Crippen molar-refractivity contribution in [2.45, 2.75) is 5.41 Å². The largest absolute Gasteiger partial charge is 0.289 e. The molecule has 0 amide bonds. The van der Waals surface area contributed by atoms with E-state index in [1.807, 2.05) is 72.8 Å². The highest BCUT2D eigenvalue weighted by molar-refractivity contribution is 14.1. The van der Waals surface area contributed by atoms with Crippen LogP contribution in [0.5, 0.6) is 0 Å². The van der Waals surface area contributed by atoms with Crippen LogP contribution in [0.1, 0.15) is 27.0 Å². The molecule has 2 aliphatic rings. The number of anilines is 1. The fourth-order valence-corrected chi connectivity index (χ4v) is 6.17. The van der Waals surface area contributed by atoms with Gasteiger partial charge in [0.15, 0.2) is 5.78 Å². The number of fused-ring (bicyclic) bond motifs is 4. The molecule has 0 unspecified atom stereocenters. The zero-order valence-corrected chi connectivity index (χ0v) is 19.6. The van der Waals surface area contributed by atoms with Gasteiger partial charge in [-0.1, -0.05) is 60.7 Å². The van der Waals surface area contributed by atoms with Crippen LogP contribution < -0.4 is 4.31 Å². The van der Waals surface area contributed by atoms with Crippen LogP contribution in [0.3, 0.4) is 0 Å². The number of carbonyl (C=O) groups excluding carboxylic acids is 1. The summed E-state index contributed by atoms with van der Waals surface area (Å²) in [4.78, 5) is 12.7. The van der Waals surface area contributed by atoms with Gasteiger partial charge in [0.25, 0.3) is 0 Å². The highest BCUT2D eigenvalue weighted by Crippen LogP contribution is 2.53. The zero-order valence-electron chi connectivity index (χ0n) is 16.6. The minimum absolute atomic E-state index is 0.0786. The van der Waals surface area contributed by atoms with E-state index in [0.29, 0.717) is 16.9 Å². The molecule has 4 nitrogen and oxygen atoms in total. The minimum Gasteiger partial charge on any atom is -0.289 e. The molecule has 1 spiro atoms.